The number of rotatable bonds is 2. The van der Waals surface area contributed by atoms with E-state index in [2.05, 4.69) is 22.7 Å². The van der Waals surface area contributed by atoms with Crippen LogP contribution in [0.5, 0.6) is 0 Å². The minimum atomic E-state index is -4.58. The predicted octanol–water partition coefficient (Wildman–Crippen LogP) is 3.79. The van der Waals surface area contributed by atoms with Gasteiger partial charge in [0.2, 0.25) is 0 Å². The average Bonchev–Trinajstić information content (AvgIpc) is 2.80. The first-order valence-electron chi connectivity index (χ1n) is 5.33. The Bertz CT molecular complexity index is 610. The van der Waals surface area contributed by atoms with Gasteiger partial charge in [0, 0.05) is 4.90 Å². The van der Waals surface area contributed by atoms with Crippen molar-refractivity contribution in [3.63, 3.8) is 0 Å². The molecule has 0 fully saturated rings. The van der Waals surface area contributed by atoms with E-state index in [0.717, 1.165) is 23.0 Å². The van der Waals surface area contributed by atoms with Crippen molar-refractivity contribution in [1.82, 2.24) is 14.8 Å². The van der Waals surface area contributed by atoms with E-state index in [9.17, 15) is 13.2 Å². The summed E-state index contributed by atoms with van der Waals surface area (Å²) in [6.45, 7) is 1.93. The molecule has 3 nitrogen and oxygen atoms in total. The molecule has 102 valence electrons. The summed E-state index contributed by atoms with van der Waals surface area (Å²) >= 11 is 10.3. The number of hydrogen-bond donors (Lipinski definition) is 1. The van der Waals surface area contributed by atoms with Crippen molar-refractivity contribution in [2.24, 2.45) is 0 Å². The topological polar surface area (TPSA) is 30.7 Å². The van der Waals surface area contributed by atoms with Gasteiger partial charge in [0.05, 0.1) is 10.7 Å². The molecule has 1 aromatic heterocycles. The summed E-state index contributed by atoms with van der Waals surface area (Å²) in [7, 11) is 0. The van der Waals surface area contributed by atoms with Crippen LogP contribution < -0.4 is 0 Å². The molecule has 0 N–H and O–H groups in total. The number of nitrogens with zero attached hydrogens (tertiary/aromatic N) is 3. The van der Waals surface area contributed by atoms with Crippen LogP contribution in [-0.2, 0) is 12.6 Å². The van der Waals surface area contributed by atoms with Crippen molar-refractivity contribution in [2.75, 3.05) is 0 Å². The van der Waals surface area contributed by atoms with E-state index in [1.807, 2.05) is 6.92 Å². The number of aromatic nitrogens is 3. The molecule has 0 saturated heterocycles. The van der Waals surface area contributed by atoms with E-state index in [-0.39, 0.29) is 0 Å². The zero-order valence-corrected chi connectivity index (χ0v) is 11.4. The van der Waals surface area contributed by atoms with Gasteiger partial charge >= 0.3 is 6.18 Å². The molecule has 0 spiro atoms. The molecule has 0 aliphatic carbocycles. The monoisotopic (exact) mass is 307 g/mol. The Labute approximate surface area is 117 Å². The largest absolute Gasteiger partial charge is 0.453 e. The highest BCUT2D eigenvalue weighted by Gasteiger charge is 2.36. The molecule has 0 aliphatic heterocycles. The summed E-state index contributed by atoms with van der Waals surface area (Å²) in [5.74, 6) is -1.20. The maximum Gasteiger partial charge on any atom is 0.453 e. The number of halogens is 4. The molecule has 0 atom stereocenters. The highest BCUT2D eigenvalue weighted by Crippen LogP contribution is 2.29. The van der Waals surface area contributed by atoms with Gasteiger partial charge in [-0.1, -0.05) is 18.5 Å². The second-order valence-corrected chi connectivity index (χ2v) is 4.69. The summed E-state index contributed by atoms with van der Waals surface area (Å²) in [4.78, 5) is 3.86. The molecule has 1 heterocycles. The first-order valence-corrected chi connectivity index (χ1v) is 6.16. The molecule has 1 aromatic carbocycles. The minimum Gasteiger partial charge on any atom is -0.219 e. The molecule has 0 radical (unpaired) electrons. The van der Waals surface area contributed by atoms with Gasteiger partial charge in [-0.3, -0.25) is 0 Å². The van der Waals surface area contributed by atoms with Crippen LogP contribution in [0.3, 0.4) is 0 Å². The SMILES string of the molecule is CCc1cc(Cl)c(-n2cnc(C(F)(F)F)n2)cc1S. The third-order valence-electron chi connectivity index (χ3n) is 2.52. The molecule has 2 rings (SSSR count). The maximum atomic E-state index is 12.4. The average molecular weight is 308 g/mol. The van der Waals surface area contributed by atoms with E-state index in [0.29, 0.717) is 15.6 Å². The summed E-state index contributed by atoms with van der Waals surface area (Å²) < 4.78 is 38.3. The van der Waals surface area contributed by atoms with Gasteiger partial charge in [0.15, 0.2) is 0 Å². The van der Waals surface area contributed by atoms with Gasteiger partial charge < -0.3 is 0 Å². The van der Waals surface area contributed by atoms with E-state index >= 15 is 0 Å². The summed E-state index contributed by atoms with van der Waals surface area (Å²) in [6.07, 6.45) is -2.88. The van der Waals surface area contributed by atoms with Crippen molar-refractivity contribution in [3.05, 3.63) is 34.9 Å². The van der Waals surface area contributed by atoms with Gasteiger partial charge in [-0.05, 0) is 24.1 Å². The third-order valence-corrected chi connectivity index (χ3v) is 3.24. The maximum absolute atomic E-state index is 12.4. The van der Waals surface area contributed by atoms with Crippen LogP contribution in [0.25, 0.3) is 5.69 Å². The first kappa shape index (κ1) is 14.2. The van der Waals surface area contributed by atoms with Gasteiger partial charge in [-0.2, -0.15) is 13.2 Å². The summed E-state index contributed by atoms with van der Waals surface area (Å²) in [5, 5.41) is 3.67. The molecule has 2 aromatic rings. The minimum absolute atomic E-state index is 0.299. The van der Waals surface area contributed by atoms with Crippen LogP contribution in [0.15, 0.2) is 23.4 Å². The number of aryl methyl sites for hydroxylation is 1. The Kier molecular flexibility index (Phi) is 3.78. The van der Waals surface area contributed by atoms with Crippen LogP contribution >= 0.6 is 24.2 Å². The normalized spacial score (nSPS) is 11.9. The Morgan fingerprint density at radius 3 is 2.58 bits per heavy atom. The third kappa shape index (κ3) is 2.87. The molecule has 0 aliphatic rings. The Morgan fingerprint density at radius 2 is 2.05 bits per heavy atom. The lowest BCUT2D eigenvalue weighted by molar-refractivity contribution is -0.144. The molecule has 0 amide bonds. The molecule has 0 saturated carbocycles. The van der Waals surface area contributed by atoms with E-state index in [4.69, 9.17) is 11.6 Å². The zero-order valence-electron chi connectivity index (χ0n) is 9.74. The Balaban J connectivity index is 2.48. The summed E-state index contributed by atoms with van der Waals surface area (Å²) in [6, 6.07) is 3.23. The van der Waals surface area contributed by atoms with E-state index in [1.165, 1.54) is 0 Å². The lowest BCUT2D eigenvalue weighted by Crippen LogP contribution is -2.08. The van der Waals surface area contributed by atoms with Crippen LogP contribution in [0.1, 0.15) is 18.3 Å². The van der Waals surface area contributed by atoms with Crippen molar-refractivity contribution in [2.45, 2.75) is 24.4 Å². The van der Waals surface area contributed by atoms with Gasteiger partial charge in [-0.25, -0.2) is 9.67 Å². The molecule has 0 bridgehead atoms. The number of thiol groups is 1. The Morgan fingerprint density at radius 1 is 1.37 bits per heavy atom. The lowest BCUT2D eigenvalue weighted by Gasteiger charge is -2.08. The van der Waals surface area contributed by atoms with Crippen molar-refractivity contribution in [3.8, 4) is 5.69 Å². The van der Waals surface area contributed by atoms with Crippen LogP contribution in [0.2, 0.25) is 5.02 Å². The zero-order chi connectivity index (χ0) is 14.2. The molecular weight excluding hydrogens is 299 g/mol. The van der Waals surface area contributed by atoms with Crippen LogP contribution in [0, 0.1) is 0 Å². The number of benzene rings is 1. The second-order valence-electron chi connectivity index (χ2n) is 3.80. The van der Waals surface area contributed by atoms with Crippen molar-refractivity contribution >= 4 is 24.2 Å². The molecule has 19 heavy (non-hydrogen) atoms. The molecule has 0 unspecified atom stereocenters. The molecular formula is C11H9ClF3N3S. The fourth-order valence-electron chi connectivity index (χ4n) is 1.56. The van der Waals surface area contributed by atoms with Gasteiger partial charge in [0.25, 0.3) is 5.82 Å². The van der Waals surface area contributed by atoms with Crippen molar-refractivity contribution in [1.29, 1.82) is 0 Å². The van der Waals surface area contributed by atoms with Crippen LogP contribution in [-0.4, -0.2) is 14.8 Å². The van der Waals surface area contributed by atoms with Gasteiger partial charge in [0.1, 0.15) is 6.33 Å². The quantitative estimate of drug-likeness (QED) is 0.856. The number of alkyl halides is 3. The van der Waals surface area contributed by atoms with E-state index in [1.54, 1.807) is 12.1 Å². The fraction of sp³-hybridized carbons (Fsp3) is 0.273. The predicted molar refractivity (Wildman–Crippen MR) is 68.0 cm³/mol. The highest BCUT2D eigenvalue weighted by molar-refractivity contribution is 7.80. The molecule has 8 heteroatoms. The Hall–Kier alpha value is -1.21. The smallest absolute Gasteiger partial charge is 0.219 e. The number of hydrogen-bond acceptors (Lipinski definition) is 3. The van der Waals surface area contributed by atoms with E-state index < -0.39 is 12.0 Å². The van der Waals surface area contributed by atoms with Crippen LogP contribution in [0.4, 0.5) is 13.2 Å². The van der Waals surface area contributed by atoms with Crippen molar-refractivity contribution < 1.29 is 13.2 Å². The first-order chi connectivity index (χ1) is 8.82. The van der Waals surface area contributed by atoms with Gasteiger partial charge in [-0.15, -0.1) is 17.7 Å². The fourth-order valence-corrected chi connectivity index (χ4v) is 2.18. The second kappa shape index (κ2) is 5.05. The lowest BCUT2D eigenvalue weighted by atomic mass is 10.1. The summed E-state index contributed by atoms with van der Waals surface area (Å²) in [5.41, 5.74) is 1.22. The standard InChI is InChI=1S/C11H9ClF3N3S/c1-2-6-3-7(12)8(4-9(6)19)18-5-16-10(17-18)11(13,14)15/h3-5,19H,2H2,1H3. The highest BCUT2D eigenvalue weighted by atomic mass is 35.5.